The molecule has 1 radical (unpaired) electrons. The molecule has 0 heterocycles. The van der Waals surface area contributed by atoms with Gasteiger partial charge in [-0.1, -0.05) is 13.3 Å². The fraction of sp³-hybridized carbons (Fsp3) is 0.857. The highest BCUT2D eigenvalue weighted by Gasteiger charge is 2.17. The summed E-state index contributed by atoms with van der Waals surface area (Å²) in [5, 5.41) is 17.8. The summed E-state index contributed by atoms with van der Waals surface area (Å²) >= 11 is 0. The van der Waals surface area contributed by atoms with Crippen molar-refractivity contribution in [3.63, 3.8) is 0 Å². The van der Waals surface area contributed by atoms with Gasteiger partial charge in [-0.05, 0) is 19.8 Å². The van der Waals surface area contributed by atoms with Crippen LogP contribution < -0.4 is 0 Å². The minimum atomic E-state index is -0.712. The van der Waals surface area contributed by atoms with Crippen molar-refractivity contribution in [1.29, 1.82) is 0 Å². The molecule has 2 N–H and O–H groups in total. The van der Waals surface area contributed by atoms with Crippen molar-refractivity contribution >= 4 is 0 Å². The second-order valence-corrected chi connectivity index (χ2v) is 2.57. The summed E-state index contributed by atoms with van der Waals surface area (Å²) in [5.41, 5.74) is -0.712. The summed E-state index contributed by atoms with van der Waals surface area (Å²) in [6.07, 6.45) is 1.82. The Morgan fingerprint density at radius 2 is 2.00 bits per heavy atom. The normalized spacial score (nSPS) is 17.3. The molecule has 0 spiro atoms. The smallest absolute Gasteiger partial charge is 0.0641 e. The maximum Gasteiger partial charge on any atom is 0.0641 e. The molecular weight excluding hydrogens is 116 g/mol. The predicted molar refractivity (Wildman–Crippen MR) is 36.9 cm³/mol. The van der Waals surface area contributed by atoms with Crippen molar-refractivity contribution < 1.29 is 10.2 Å². The van der Waals surface area contributed by atoms with Gasteiger partial charge in [-0.2, -0.15) is 0 Å². The first-order chi connectivity index (χ1) is 4.12. The van der Waals surface area contributed by atoms with Crippen LogP contribution in [0.2, 0.25) is 0 Å². The van der Waals surface area contributed by atoms with Gasteiger partial charge in [-0.15, -0.1) is 0 Å². The van der Waals surface area contributed by atoms with Crippen molar-refractivity contribution in [1.82, 2.24) is 0 Å². The molecule has 0 aromatic rings. The molecular formula is C7H15O2. The second kappa shape index (κ2) is 3.85. The number of aliphatic hydroxyl groups excluding tert-OH is 1. The first-order valence-corrected chi connectivity index (χ1v) is 3.25. The summed E-state index contributed by atoms with van der Waals surface area (Å²) in [6, 6.07) is 0. The predicted octanol–water partition coefficient (Wildman–Crippen LogP) is 0.734. The van der Waals surface area contributed by atoms with E-state index in [0.29, 0.717) is 19.3 Å². The molecule has 2 nitrogen and oxygen atoms in total. The van der Waals surface area contributed by atoms with E-state index in [1.165, 1.54) is 0 Å². The van der Waals surface area contributed by atoms with Gasteiger partial charge in [-0.3, -0.25) is 0 Å². The zero-order valence-corrected chi connectivity index (χ0v) is 5.93. The average molecular weight is 131 g/mol. The topological polar surface area (TPSA) is 40.5 Å². The molecule has 0 rings (SSSR count). The summed E-state index contributed by atoms with van der Waals surface area (Å²) in [6.45, 7) is 5.38. The van der Waals surface area contributed by atoms with Crippen LogP contribution in [0.1, 0.15) is 26.2 Å². The highest BCUT2D eigenvalue weighted by molar-refractivity contribution is 4.71. The third kappa shape index (κ3) is 4.43. The zero-order chi connectivity index (χ0) is 7.33. The van der Waals surface area contributed by atoms with E-state index < -0.39 is 5.60 Å². The maximum absolute atomic E-state index is 9.31. The molecule has 0 bridgehead atoms. The van der Waals surface area contributed by atoms with Crippen LogP contribution in [0.3, 0.4) is 0 Å². The van der Waals surface area contributed by atoms with Gasteiger partial charge in [0.15, 0.2) is 0 Å². The minimum Gasteiger partial charge on any atom is -0.396 e. The van der Waals surface area contributed by atoms with E-state index in [-0.39, 0.29) is 6.61 Å². The molecule has 2 heteroatoms. The Balaban J connectivity index is 3.43. The van der Waals surface area contributed by atoms with E-state index in [9.17, 15) is 5.11 Å². The third-order valence-electron chi connectivity index (χ3n) is 1.37. The van der Waals surface area contributed by atoms with Gasteiger partial charge in [-0.25, -0.2) is 0 Å². The van der Waals surface area contributed by atoms with Gasteiger partial charge in [0.1, 0.15) is 0 Å². The molecule has 0 amide bonds. The van der Waals surface area contributed by atoms with Gasteiger partial charge < -0.3 is 10.2 Å². The van der Waals surface area contributed by atoms with Crippen molar-refractivity contribution in [2.24, 2.45) is 0 Å². The van der Waals surface area contributed by atoms with Gasteiger partial charge in [0, 0.05) is 6.61 Å². The summed E-state index contributed by atoms with van der Waals surface area (Å²) in [5.74, 6) is 0. The highest BCUT2D eigenvalue weighted by atomic mass is 16.3. The molecule has 1 atom stereocenters. The molecule has 0 aromatic heterocycles. The van der Waals surface area contributed by atoms with Crippen LogP contribution in [0.4, 0.5) is 0 Å². The van der Waals surface area contributed by atoms with Crippen LogP contribution in [0.25, 0.3) is 0 Å². The quantitative estimate of drug-likeness (QED) is 0.590. The Hall–Kier alpha value is -0.0800. The highest BCUT2D eigenvalue weighted by Crippen LogP contribution is 2.14. The van der Waals surface area contributed by atoms with Crippen LogP contribution in [0.5, 0.6) is 0 Å². The molecule has 0 aromatic carbocycles. The number of rotatable bonds is 4. The van der Waals surface area contributed by atoms with Gasteiger partial charge in [0.25, 0.3) is 0 Å². The second-order valence-electron chi connectivity index (χ2n) is 2.57. The van der Waals surface area contributed by atoms with E-state index in [1.807, 2.05) is 0 Å². The third-order valence-corrected chi connectivity index (χ3v) is 1.37. The number of aliphatic hydroxyl groups is 2. The van der Waals surface area contributed by atoms with Crippen molar-refractivity contribution in [3.05, 3.63) is 6.92 Å². The van der Waals surface area contributed by atoms with Gasteiger partial charge >= 0.3 is 0 Å². The summed E-state index contributed by atoms with van der Waals surface area (Å²) in [7, 11) is 0. The van der Waals surface area contributed by atoms with Crippen LogP contribution in [0, 0.1) is 6.92 Å². The lowest BCUT2D eigenvalue weighted by Gasteiger charge is -2.20. The molecule has 55 valence electrons. The lowest BCUT2D eigenvalue weighted by Crippen LogP contribution is -2.24. The van der Waals surface area contributed by atoms with Crippen LogP contribution in [-0.4, -0.2) is 22.4 Å². The summed E-state index contributed by atoms with van der Waals surface area (Å²) in [4.78, 5) is 0. The Bertz CT molecular complexity index is 61.3. The lowest BCUT2D eigenvalue weighted by molar-refractivity contribution is 0.0263. The van der Waals surface area contributed by atoms with E-state index in [1.54, 1.807) is 6.92 Å². The van der Waals surface area contributed by atoms with Crippen LogP contribution in [-0.2, 0) is 0 Å². The monoisotopic (exact) mass is 131 g/mol. The van der Waals surface area contributed by atoms with Gasteiger partial charge in [0.05, 0.1) is 5.60 Å². The number of hydrogen-bond acceptors (Lipinski definition) is 2. The van der Waals surface area contributed by atoms with Crippen molar-refractivity contribution in [2.45, 2.75) is 31.8 Å². The maximum atomic E-state index is 9.31. The zero-order valence-electron chi connectivity index (χ0n) is 5.93. The average Bonchev–Trinajstić information content (AvgIpc) is 1.64. The molecule has 0 aliphatic carbocycles. The van der Waals surface area contributed by atoms with E-state index in [0.717, 1.165) is 0 Å². The van der Waals surface area contributed by atoms with E-state index >= 15 is 0 Å². The summed E-state index contributed by atoms with van der Waals surface area (Å²) < 4.78 is 0. The number of hydrogen-bond donors (Lipinski definition) is 2. The fourth-order valence-electron chi connectivity index (χ4n) is 0.747. The minimum absolute atomic E-state index is 0.0486. The Morgan fingerprint density at radius 3 is 2.33 bits per heavy atom. The van der Waals surface area contributed by atoms with Crippen molar-refractivity contribution in [2.75, 3.05) is 6.61 Å². The van der Waals surface area contributed by atoms with Gasteiger partial charge in [0.2, 0.25) is 0 Å². The van der Waals surface area contributed by atoms with Crippen molar-refractivity contribution in [3.8, 4) is 0 Å². The Kier molecular flexibility index (Phi) is 3.82. The van der Waals surface area contributed by atoms with E-state index in [4.69, 9.17) is 5.11 Å². The lowest BCUT2D eigenvalue weighted by atomic mass is 9.97. The Morgan fingerprint density at radius 1 is 1.44 bits per heavy atom. The first-order valence-electron chi connectivity index (χ1n) is 3.25. The Labute approximate surface area is 56.5 Å². The molecule has 0 fully saturated rings. The molecule has 9 heavy (non-hydrogen) atoms. The van der Waals surface area contributed by atoms with E-state index in [2.05, 4.69) is 6.92 Å². The molecule has 0 aliphatic rings. The fourth-order valence-corrected chi connectivity index (χ4v) is 0.747. The molecule has 0 aliphatic heterocycles. The molecule has 0 saturated carbocycles. The van der Waals surface area contributed by atoms with Crippen LogP contribution >= 0.6 is 0 Å². The molecule has 1 unspecified atom stereocenters. The van der Waals surface area contributed by atoms with Crippen LogP contribution in [0.15, 0.2) is 0 Å². The first kappa shape index (κ1) is 8.92. The SMILES string of the molecule is [CH2]CCC(C)(O)CCO. The largest absolute Gasteiger partial charge is 0.396 e. The standard InChI is InChI=1S/C7H15O2/c1-3-4-7(2,9)5-6-8/h8-9H,1,3-6H2,2H3. The molecule has 0 saturated heterocycles.